The SMILES string of the molecule is CCCCn1c(SC(C)c2nc(CCC)no2)nc2ccccc2c1=O. The molecule has 1 unspecified atom stereocenters. The molecule has 0 amide bonds. The van der Waals surface area contributed by atoms with Crippen LogP contribution in [0.1, 0.15) is 57.0 Å². The molecule has 1 aromatic carbocycles. The maximum atomic E-state index is 12.9. The van der Waals surface area contributed by atoms with Crippen molar-refractivity contribution in [1.82, 2.24) is 19.7 Å². The third-order valence-corrected chi connectivity index (χ3v) is 5.23. The van der Waals surface area contributed by atoms with Crippen molar-refractivity contribution in [1.29, 1.82) is 0 Å². The highest BCUT2D eigenvalue weighted by Crippen LogP contribution is 2.33. The van der Waals surface area contributed by atoms with Gasteiger partial charge in [0.15, 0.2) is 11.0 Å². The van der Waals surface area contributed by atoms with Crippen LogP contribution in [0.2, 0.25) is 0 Å². The lowest BCUT2D eigenvalue weighted by molar-refractivity contribution is 0.374. The fraction of sp³-hybridized carbons (Fsp3) is 0.474. The quantitative estimate of drug-likeness (QED) is 0.431. The van der Waals surface area contributed by atoms with Crippen LogP contribution in [0.4, 0.5) is 0 Å². The summed E-state index contributed by atoms with van der Waals surface area (Å²) in [4.78, 5) is 22.1. The van der Waals surface area contributed by atoms with Gasteiger partial charge in [-0.1, -0.05) is 49.3 Å². The maximum absolute atomic E-state index is 12.9. The van der Waals surface area contributed by atoms with Gasteiger partial charge in [0, 0.05) is 13.0 Å². The number of hydrogen-bond acceptors (Lipinski definition) is 6. The van der Waals surface area contributed by atoms with E-state index in [0.29, 0.717) is 23.0 Å². The molecule has 6 nitrogen and oxygen atoms in total. The van der Waals surface area contributed by atoms with E-state index in [1.54, 1.807) is 4.57 Å². The molecular formula is C19H24N4O2S. The van der Waals surface area contributed by atoms with Crippen molar-refractivity contribution in [2.24, 2.45) is 0 Å². The van der Waals surface area contributed by atoms with Gasteiger partial charge < -0.3 is 4.52 Å². The highest BCUT2D eigenvalue weighted by molar-refractivity contribution is 7.99. The van der Waals surface area contributed by atoms with E-state index in [4.69, 9.17) is 9.51 Å². The number of para-hydroxylation sites is 1. The van der Waals surface area contributed by atoms with Gasteiger partial charge in [-0.25, -0.2) is 4.98 Å². The third kappa shape index (κ3) is 3.98. The fourth-order valence-corrected chi connectivity index (χ4v) is 3.68. The van der Waals surface area contributed by atoms with Crippen LogP contribution in [0.25, 0.3) is 10.9 Å². The summed E-state index contributed by atoms with van der Waals surface area (Å²) in [5, 5.41) is 5.30. The van der Waals surface area contributed by atoms with Gasteiger partial charge in [-0.3, -0.25) is 9.36 Å². The molecule has 0 aliphatic rings. The van der Waals surface area contributed by atoms with Crippen molar-refractivity contribution in [3.8, 4) is 0 Å². The molecular weight excluding hydrogens is 348 g/mol. The first-order valence-electron chi connectivity index (χ1n) is 9.12. The number of aromatic nitrogens is 4. The minimum absolute atomic E-state index is 0.0101. The molecule has 1 atom stereocenters. The molecule has 3 aromatic rings. The van der Waals surface area contributed by atoms with Crippen molar-refractivity contribution >= 4 is 22.7 Å². The molecule has 0 bridgehead atoms. The zero-order valence-corrected chi connectivity index (χ0v) is 16.3. The Kier molecular flexibility index (Phi) is 6.08. The summed E-state index contributed by atoms with van der Waals surface area (Å²) in [5.74, 6) is 1.30. The number of fused-ring (bicyclic) bond motifs is 1. The molecule has 7 heteroatoms. The minimum Gasteiger partial charge on any atom is -0.338 e. The van der Waals surface area contributed by atoms with Gasteiger partial charge in [0.1, 0.15) is 0 Å². The number of aryl methyl sites for hydroxylation is 1. The summed E-state index contributed by atoms with van der Waals surface area (Å²) >= 11 is 1.49. The lowest BCUT2D eigenvalue weighted by Crippen LogP contribution is -2.23. The molecule has 0 N–H and O–H groups in total. The van der Waals surface area contributed by atoms with Crippen molar-refractivity contribution in [3.05, 3.63) is 46.3 Å². The van der Waals surface area contributed by atoms with Gasteiger partial charge in [0.2, 0.25) is 5.89 Å². The topological polar surface area (TPSA) is 73.8 Å². The van der Waals surface area contributed by atoms with Crippen LogP contribution in [-0.2, 0) is 13.0 Å². The van der Waals surface area contributed by atoms with Gasteiger partial charge in [-0.05, 0) is 31.9 Å². The smallest absolute Gasteiger partial charge is 0.262 e. The van der Waals surface area contributed by atoms with E-state index in [1.807, 2.05) is 31.2 Å². The Labute approximate surface area is 157 Å². The number of rotatable bonds is 8. The van der Waals surface area contributed by atoms with E-state index >= 15 is 0 Å². The molecule has 0 aliphatic carbocycles. The summed E-state index contributed by atoms with van der Waals surface area (Å²) in [6.07, 6.45) is 3.73. The first-order valence-corrected chi connectivity index (χ1v) is 10.0. The Balaban J connectivity index is 1.95. The van der Waals surface area contributed by atoms with E-state index in [1.165, 1.54) is 11.8 Å². The monoisotopic (exact) mass is 372 g/mol. The van der Waals surface area contributed by atoms with E-state index in [2.05, 4.69) is 24.0 Å². The summed E-state index contributed by atoms with van der Waals surface area (Å²) in [6, 6.07) is 7.48. The van der Waals surface area contributed by atoms with Gasteiger partial charge >= 0.3 is 0 Å². The zero-order valence-electron chi connectivity index (χ0n) is 15.4. The second-order valence-electron chi connectivity index (χ2n) is 6.28. The van der Waals surface area contributed by atoms with Crippen LogP contribution >= 0.6 is 11.8 Å². The van der Waals surface area contributed by atoms with Crippen molar-refractivity contribution < 1.29 is 4.52 Å². The van der Waals surface area contributed by atoms with Crippen LogP contribution in [0, 0.1) is 0 Å². The van der Waals surface area contributed by atoms with Crippen molar-refractivity contribution in [3.63, 3.8) is 0 Å². The Morgan fingerprint density at radius 3 is 2.77 bits per heavy atom. The Morgan fingerprint density at radius 2 is 2.00 bits per heavy atom. The first-order chi connectivity index (χ1) is 12.6. The lowest BCUT2D eigenvalue weighted by atomic mass is 10.2. The van der Waals surface area contributed by atoms with Crippen molar-refractivity contribution in [2.75, 3.05) is 0 Å². The maximum Gasteiger partial charge on any atom is 0.262 e. The Hall–Kier alpha value is -2.15. The van der Waals surface area contributed by atoms with E-state index in [9.17, 15) is 4.79 Å². The van der Waals surface area contributed by atoms with Crippen LogP contribution in [0.3, 0.4) is 0 Å². The predicted molar refractivity (Wildman–Crippen MR) is 103 cm³/mol. The first kappa shape index (κ1) is 18.6. The molecule has 0 spiro atoms. The summed E-state index contributed by atoms with van der Waals surface area (Å²) in [5.41, 5.74) is 0.730. The molecule has 0 aliphatic heterocycles. The summed E-state index contributed by atoms with van der Waals surface area (Å²) in [7, 11) is 0. The van der Waals surface area contributed by atoms with Crippen LogP contribution in [0.15, 0.2) is 38.7 Å². The molecule has 2 aromatic heterocycles. The Bertz CT molecular complexity index is 935. The summed E-state index contributed by atoms with van der Waals surface area (Å²) < 4.78 is 7.17. The van der Waals surface area contributed by atoms with Crippen molar-refractivity contribution in [2.45, 2.75) is 63.4 Å². The molecule has 0 radical (unpaired) electrons. The lowest BCUT2D eigenvalue weighted by Gasteiger charge is -2.14. The molecule has 0 saturated heterocycles. The van der Waals surface area contributed by atoms with E-state index in [-0.39, 0.29) is 10.8 Å². The van der Waals surface area contributed by atoms with Gasteiger partial charge in [0.05, 0.1) is 16.2 Å². The van der Waals surface area contributed by atoms with E-state index < -0.39 is 0 Å². The highest BCUT2D eigenvalue weighted by Gasteiger charge is 2.19. The number of nitrogens with zero attached hydrogens (tertiary/aromatic N) is 4. The molecule has 26 heavy (non-hydrogen) atoms. The Morgan fingerprint density at radius 1 is 1.19 bits per heavy atom. The number of unbranched alkanes of at least 4 members (excludes halogenated alkanes) is 1. The highest BCUT2D eigenvalue weighted by atomic mass is 32.2. The third-order valence-electron chi connectivity index (χ3n) is 4.15. The fourth-order valence-electron chi connectivity index (χ4n) is 2.72. The van der Waals surface area contributed by atoms with Crippen LogP contribution < -0.4 is 5.56 Å². The van der Waals surface area contributed by atoms with Gasteiger partial charge in [-0.15, -0.1) is 0 Å². The molecule has 2 heterocycles. The van der Waals surface area contributed by atoms with Gasteiger partial charge in [0.25, 0.3) is 5.56 Å². The normalized spacial score (nSPS) is 12.6. The van der Waals surface area contributed by atoms with Gasteiger partial charge in [-0.2, -0.15) is 4.98 Å². The van der Waals surface area contributed by atoms with Crippen LogP contribution in [-0.4, -0.2) is 19.7 Å². The molecule has 138 valence electrons. The number of thioether (sulfide) groups is 1. The minimum atomic E-state index is -0.0750. The summed E-state index contributed by atoms with van der Waals surface area (Å²) in [6.45, 7) is 6.86. The molecule has 0 saturated carbocycles. The second-order valence-corrected chi connectivity index (χ2v) is 7.59. The largest absolute Gasteiger partial charge is 0.338 e. The average molecular weight is 372 g/mol. The molecule has 0 fully saturated rings. The average Bonchev–Trinajstić information content (AvgIpc) is 3.11. The predicted octanol–water partition coefficient (Wildman–Crippen LogP) is 4.39. The number of hydrogen-bond donors (Lipinski definition) is 0. The number of benzene rings is 1. The standard InChI is InChI=1S/C19H24N4O2S/c1-4-6-12-23-18(24)14-10-7-8-11-15(14)20-19(23)26-13(3)17-21-16(9-5-2)22-25-17/h7-8,10-11,13H,4-6,9,12H2,1-3H3. The second kappa shape index (κ2) is 8.49. The molecule has 3 rings (SSSR count). The zero-order chi connectivity index (χ0) is 18.5. The van der Waals surface area contributed by atoms with E-state index in [0.717, 1.165) is 37.0 Å². The van der Waals surface area contributed by atoms with Crippen LogP contribution in [0.5, 0.6) is 0 Å².